The molecule has 164 valence electrons. The lowest BCUT2D eigenvalue weighted by Crippen LogP contribution is -2.50. The van der Waals surface area contributed by atoms with Gasteiger partial charge >= 0.3 is 5.97 Å². The highest BCUT2D eigenvalue weighted by Gasteiger charge is 2.32. The Labute approximate surface area is 182 Å². The minimum Gasteiger partial charge on any atom is -0.467 e. The largest absolute Gasteiger partial charge is 0.467 e. The lowest BCUT2D eigenvalue weighted by Gasteiger charge is -2.25. The zero-order valence-electron chi connectivity index (χ0n) is 17.9. The van der Waals surface area contributed by atoms with E-state index in [-0.39, 0.29) is 6.42 Å². The van der Waals surface area contributed by atoms with Gasteiger partial charge in [0.1, 0.15) is 6.04 Å². The molecule has 0 aliphatic heterocycles. The number of carbonyl (C=O) groups excluding carboxylic acids is 3. The summed E-state index contributed by atoms with van der Waals surface area (Å²) in [5, 5.41) is 16.1. The van der Waals surface area contributed by atoms with Gasteiger partial charge in [0.05, 0.1) is 13.2 Å². The number of hydrogen-bond acceptors (Lipinski definition) is 5. The van der Waals surface area contributed by atoms with Gasteiger partial charge in [0.15, 0.2) is 6.10 Å². The second-order valence-corrected chi connectivity index (χ2v) is 7.27. The molecule has 0 unspecified atom stereocenters. The van der Waals surface area contributed by atoms with E-state index in [9.17, 15) is 19.5 Å². The molecule has 3 atom stereocenters. The van der Waals surface area contributed by atoms with Gasteiger partial charge in [0, 0.05) is 5.56 Å². The number of aliphatic hydroxyl groups excluding tert-OH is 1. The third kappa shape index (κ3) is 7.08. The fraction of sp³-hybridized carbons (Fsp3) is 0.292. The van der Waals surface area contributed by atoms with Crippen molar-refractivity contribution in [3.8, 4) is 0 Å². The van der Waals surface area contributed by atoms with Gasteiger partial charge in [-0.15, -0.1) is 0 Å². The van der Waals surface area contributed by atoms with Crippen LogP contribution in [0.5, 0.6) is 0 Å². The van der Waals surface area contributed by atoms with Gasteiger partial charge in [-0.05, 0) is 38.0 Å². The first-order valence-corrected chi connectivity index (χ1v) is 9.94. The highest BCUT2D eigenvalue weighted by molar-refractivity contribution is 5.95. The lowest BCUT2D eigenvalue weighted by molar-refractivity contribution is -0.146. The van der Waals surface area contributed by atoms with Crippen molar-refractivity contribution >= 4 is 17.8 Å². The monoisotopic (exact) mass is 424 g/mol. The maximum absolute atomic E-state index is 12.8. The normalized spacial score (nSPS) is 13.3. The second kappa shape index (κ2) is 11.7. The molecule has 0 bridgehead atoms. The molecular weight excluding hydrogens is 396 g/mol. The Morgan fingerprint density at radius 2 is 1.55 bits per heavy atom. The molecule has 7 nitrogen and oxygen atoms in total. The van der Waals surface area contributed by atoms with Gasteiger partial charge in [0.2, 0.25) is 0 Å². The molecule has 31 heavy (non-hydrogen) atoms. The molecule has 0 aliphatic carbocycles. The predicted octanol–water partition coefficient (Wildman–Crippen LogP) is 2.53. The van der Waals surface area contributed by atoms with Crippen molar-refractivity contribution in [2.24, 2.45) is 0 Å². The van der Waals surface area contributed by atoms with E-state index in [1.807, 2.05) is 13.8 Å². The molecular formula is C24H28N2O5. The summed E-state index contributed by atoms with van der Waals surface area (Å²) in [5.41, 5.74) is 1.92. The average molecular weight is 424 g/mol. The Morgan fingerprint density at radius 1 is 0.968 bits per heavy atom. The van der Waals surface area contributed by atoms with Crippen molar-refractivity contribution in [1.29, 1.82) is 0 Å². The van der Waals surface area contributed by atoms with E-state index < -0.39 is 36.0 Å². The summed E-state index contributed by atoms with van der Waals surface area (Å²) >= 11 is 0. The Balaban J connectivity index is 2.23. The Kier molecular flexibility index (Phi) is 8.96. The molecule has 2 amide bonds. The zero-order chi connectivity index (χ0) is 22.8. The quantitative estimate of drug-likeness (QED) is 0.424. The first-order valence-electron chi connectivity index (χ1n) is 9.94. The fourth-order valence-electron chi connectivity index (χ4n) is 2.94. The third-order valence-electron chi connectivity index (χ3n) is 4.63. The molecule has 0 heterocycles. The van der Waals surface area contributed by atoms with Crippen molar-refractivity contribution in [1.82, 2.24) is 10.6 Å². The fourth-order valence-corrected chi connectivity index (χ4v) is 2.94. The van der Waals surface area contributed by atoms with Crippen molar-refractivity contribution in [3.05, 3.63) is 83.4 Å². The maximum Gasteiger partial charge on any atom is 0.328 e. The maximum atomic E-state index is 12.8. The highest BCUT2D eigenvalue weighted by atomic mass is 16.5. The van der Waals surface area contributed by atoms with Crippen LogP contribution in [-0.4, -0.2) is 42.1 Å². The molecule has 0 aromatic heterocycles. The van der Waals surface area contributed by atoms with E-state index in [1.54, 1.807) is 66.7 Å². The number of amides is 2. The molecule has 3 N–H and O–H groups in total. The molecule has 0 aliphatic rings. The molecule has 0 spiro atoms. The minimum absolute atomic E-state index is 0.222. The number of benzene rings is 2. The molecule has 0 radical (unpaired) electrons. The number of ether oxygens (including phenoxy) is 1. The number of carbonyl (C=O) groups is 3. The van der Waals surface area contributed by atoms with Crippen LogP contribution in [0, 0.1) is 0 Å². The number of esters is 1. The van der Waals surface area contributed by atoms with Gasteiger partial charge in [0.25, 0.3) is 11.8 Å². The van der Waals surface area contributed by atoms with Crippen LogP contribution in [-0.2, 0) is 14.3 Å². The number of hydrogen-bond donors (Lipinski definition) is 3. The summed E-state index contributed by atoms with van der Waals surface area (Å²) in [6.07, 6.45) is 0.383. The SMILES string of the molecule is COC(=O)[C@@H](CC=C(C)C)NC(=O)[C@H](O)[C@@H](NC(=O)c1ccccc1)c1ccccc1. The Bertz CT molecular complexity index is 908. The highest BCUT2D eigenvalue weighted by Crippen LogP contribution is 2.19. The van der Waals surface area contributed by atoms with E-state index >= 15 is 0 Å². The average Bonchev–Trinajstić information content (AvgIpc) is 2.79. The molecule has 2 rings (SSSR count). The Morgan fingerprint density at radius 3 is 2.10 bits per heavy atom. The molecule has 0 fully saturated rings. The molecule has 0 saturated carbocycles. The van der Waals surface area contributed by atoms with Crippen LogP contribution in [0.15, 0.2) is 72.3 Å². The van der Waals surface area contributed by atoms with Gasteiger partial charge in [-0.3, -0.25) is 9.59 Å². The van der Waals surface area contributed by atoms with Gasteiger partial charge < -0.3 is 20.5 Å². The van der Waals surface area contributed by atoms with Crippen molar-refractivity contribution in [2.75, 3.05) is 7.11 Å². The standard InChI is InChI=1S/C24H28N2O5/c1-16(2)14-15-19(24(30)31-3)25-23(29)21(27)20(17-10-6-4-7-11-17)26-22(28)18-12-8-5-9-13-18/h4-14,19-21,27H,15H2,1-3H3,(H,25,29)(H,26,28)/t19-,20+,21-/m1/s1. The topological polar surface area (TPSA) is 105 Å². The van der Waals surface area contributed by atoms with Crippen LogP contribution in [0.1, 0.15) is 42.2 Å². The lowest BCUT2D eigenvalue weighted by atomic mass is 9.99. The van der Waals surface area contributed by atoms with E-state index in [1.165, 1.54) is 7.11 Å². The van der Waals surface area contributed by atoms with Crippen molar-refractivity contribution < 1.29 is 24.2 Å². The van der Waals surface area contributed by atoms with Crippen LogP contribution in [0.2, 0.25) is 0 Å². The molecule has 7 heteroatoms. The van der Waals surface area contributed by atoms with Crippen LogP contribution >= 0.6 is 0 Å². The molecule has 2 aromatic rings. The van der Waals surface area contributed by atoms with Crippen LogP contribution in [0.25, 0.3) is 0 Å². The van der Waals surface area contributed by atoms with Gasteiger partial charge in [-0.1, -0.05) is 60.2 Å². The molecule has 0 saturated heterocycles. The van der Waals surface area contributed by atoms with Crippen LogP contribution in [0.3, 0.4) is 0 Å². The predicted molar refractivity (Wildman–Crippen MR) is 117 cm³/mol. The molecule has 2 aromatic carbocycles. The van der Waals surface area contributed by atoms with Crippen molar-refractivity contribution in [2.45, 2.75) is 38.5 Å². The third-order valence-corrected chi connectivity index (χ3v) is 4.63. The van der Waals surface area contributed by atoms with Gasteiger partial charge in [-0.25, -0.2) is 4.79 Å². The van der Waals surface area contributed by atoms with E-state index in [4.69, 9.17) is 4.74 Å². The second-order valence-electron chi connectivity index (χ2n) is 7.27. The smallest absolute Gasteiger partial charge is 0.328 e. The summed E-state index contributed by atoms with van der Waals surface area (Å²) in [7, 11) is 1.23. The summed E-state index contributed by atoms with van der Waals surface area (Å²) in [6, 6.07) is 15.2. The Hall–Kier alpha value is -3.45. The number of allylic oxidation sites excluding steroid dienone is 1. The summed E-state index contributed by atoms with van der Waals surface area (Å²) in [4.78, 5) is 37.6. The number of rotatable bonds is 9. The summed E-state index contributed by atoms with van der Waals surface area (Å²) in [6.45, 7) is 3.74. The number of nitrogens with one attached hydrogen (secondary N) is 2. The summed E-state index contributed by atoms with van der Waals surface area (Å²) in [5.74, 6) is -1.85. The van der Waals surface area contributed by atoms with Crippen LogP contribution in [0.4, 0.5) is 0 Å². The minimum atomic E-state index is -1.63. The first-order chi connectivity index (χ1) is 14.8. The van der Waals surface area contributed by atoms with Crippen molar-refractivity contribution in [3.63, 3.8) is 0 Å². The number of methoxy groups -OCH3 is 1. The first kappa shape index (κ1) is 23.8. The van der Waals surface area contributed by atoms with Gasteiger partial charge in [-0.2, -0.15) is 0 Å². The van der Waals surface area contributed by atoms with E-state index in [0.717, 1.165) is 5.57 Å². The number of aliphatic hydroxyl groups is 1. The zero-order valence-corrected chi connectivity index (χ0v) is 17.9. The summed E-state index contributed by atoms with van der Waals surface area (Å²) < 4.78 is 4.76. The van der Waals surface area contributed by atoms with E-state index in [0.29, 0.717) is 11.1 Å². The van der Waals surface area contributed by atoms with Crippen LogP contribution < -0.4 is 10.6 Å². The van der Waals surface area contributed by atoms with E-state index in [2.05, 4.69) is 10.6 Å².